The second-order valence-electron chi connectivity index (χ2n) is 4.89. The molecule has 0 atom stereocenters. The third-order valence-electron chi connectivity index (χ3n) is 3.38. The van der Waals surface area contributed by atoms with Gasteiger partial charge in [-0.3, -0.25) is 4.79 Å². The molecule has 1 aliphatic carbocycles. The summed E-state index contributed by atoms with van der Waals surface area (Å²) in [5.41, 5.74) is 1.42. The van der Waals surface area contributed by atoms with Gasteiger partial charge in [-0.1, -0.05) is 0 Å². The zero-order valence-electron chi connectivity index (χ0n) is 10.2. The molecule has 4 heteroatoms. The van der Waals surface area contributed by atoms with Gasteiger partial charge in [0.2, 0.25) is 0 Å². The number of fused-ring (bicyclic) bond motifs is 1. The number of hydrogen-bond acceptors (Lipinski definition) is 2. The van der Waals surface area contributed by atoms with Crippen molar-refractivity contribution in [1.29, 1.82) is 0 Å². The zero-order chi connectivity index (χ0) is 12.7. The maximum atomic E-state index is 13.2. The van der Waals surface area contributed by atoms with Crippen LogP contribution in [0.15, 0.2) is 24.4 Å². The van der Waals surface area contributed by atoms with Crippen LogP contribution >= 0.6 is 0 Å². The minimum atomic E-state index is -0.279. The fraction of sp³-hybridized carbons (Fsp3) is 0.357. The Balaban J connectivity index is 1.92. The smallest absolute Gasteiger partial charge is 0.178 e. The Labute approximate surface area is 105 Å². The van der Waals surface area contributed by atoms with Crippen LogP contribution in [0.2, 0.25) is 0 Å². The molecule has 0 spiro atoms. The van der Waals surface area contributed by atoms with E-state index in [4.69, 9.17) is 0 Å². The molecule has 2 aromatic rings. The van der Waals surface area contributed by atoms with Crippen molar-refractivity contribution in [2.45, 2.75) is 18.9 Å². The molecule has 0 radical (unpaired) electrons. The third-order valence-corrected chi connectivity index (χ3v) is 3.38. The average Bonchev–Trinajstić information content (AvgIpc) is 3.12. The lowest BCUT2D eigenvalue weighted by molar-refractivity contribution is 0.0992. The number of rotatable bonds is 4. The van der Waals surface area contributed by atoms with Crippen molar-refractivity contribution < 1.29 is 9.18 Å². The van der Waals surface area contributed by atoms with Crippen LogP contribution in [-0.4, -0.2) is 22.9 Å². The predicted molar refractivity (Wildman–Crippen MR) is 68.2 cm³/mol. The van der Waals surface area contributed by atoms with Crippen molar-refractivity contribution in [2.24, 2.45) is 7.05 Å². The topological polar surface area (TPSA) is 34.0 Å². The number of nitrogens with one attached hydrogen (secondary N) is 1. The van der Waals surface area contributed by atoms with Crippen LogP contribution in [0, 0.1) is 5.82 Å². The Morgan fingerprint density at radius 2 is 2.28 bits per heavy atom. The summed E-state index contributed by atoms with van der Waals surface area (Å²) in [5.74, 6) is -0.210. The molecular weight excluding hydrogens is 231 g/mol. The molecule has 1 aliphatic rings. The minimum Gasteiger partial charge on any atom is -0.350 e. The van der Waals surface area contributed by atoms with Gasteiger partial charge in [-0.15, -0.1) is 0 Å². The molecule has 1 fully saturated rings. The molecule has 3 rings (SSSR count). The van der Waals surface area contributed by atoms with E-state index in [-0.39, 0.29) is 11.6 Å². The van der Waals surface area contributed by atoms with Gasteiger partial charge in [-0.05, 0) is 31.0 Å². The lowest BCUT2D eigenvalue weighted by Crippen LogP contribution is -2.24. The summed E-state index contributed by atoms with van der Waals surface area (Å²) in [4.78, 5) is 12.1. The van der Waals surface area contributed by atoms with Crippen LogP contribution in [0.3, 0.4) is 0 Å². The highest BCUT2D eigenvalue weighted by Gasteiger charge is 2.22. The fourth-order valence-corrected chi connectivity index (χ4v) is 2.20. The van der Waals surface area contributed by atoms with E-state index >= 15 is 0 Å². The number of carbonyl (C=O) groups excluding carboxylic acids is 1. The summed E-state index contributed by atoms with van der Waals surface area (Å²) in [6, 6.07) is 5.05. The molecule has 0 unspecified atom stereocenters. The van der Waals surface area contributed by atoms with Gasteiger partial charge in [0.25, 0.3) is 0 Å². The number of nitrogens with zero attached hydrogens (tertiary/aromatic N) is 1. The number of benzene rings is 1. The first-order chi connectivity index (χ1) is 8.65. The number of hydrogen-bond donors (Lipinski definition) is 1. The quantitative estimate of drug-likeness (QED) is 0.840. The Bertz CT molecular complexity index is 614. The van der Waals surface area contributed by atoms with E-state index in [2.05, 4.69) is 5.32 Å². The maximum Gasteiger partial charge on any atom is 0.178 e. The van der Waals surface area contributed by atoms with Gasteiger partial charge in [-0.25, -0.2) is 4.39 Å². The summed E-state index contributed by atoms with van der Waals surface area (Å²) < 4.78 is 15.0. The maximum absolute atomic E-state index is 13.2. The normalized spacial score (nSPS) is 15.2. The number of Topliss-reactive ketones (excluding diaryl/α,β-unsaturated/α-hetero) is 1. The molecule has 18 heavy (non-hydrogen) atoms. The van der Waals surface area contributed by atoms with Crippen molar-refractivity contribution >= 4 is 16.7 Å². The molecule has 0 saturated heterocycles. The Morgan fingerprint density at radius 1 is 1.50 bits per heavy atom. The fourth-order valence-electron chi connectivity index (χ4n) is 2.20. The van der Waals surface area contributed by atoms with Crippen molar-refractivity contribution in [3.8, 4) is 0 Å². The van der Waals surface area contributed by atoms with Crippen molar-refractivity contribution in [2.75, 3.05) is 6.54 Å². The van der Waals surface area contributed by atoms with Crippen LogP contribution in [0.4, 0.5) is 4.39 Å². The first kappa shape index (κ1) is 11.4. The van der Waals surface area contributed by atoms with Gasteiger partial charge >= 0.3 is 0 Å². The van der Waals surface area contributed by atoms with Crippen LogP contribution in [0.1, 0.15) is 23.2 Å². The van der Waals surface area contributed by atoms with Gasteiger partial charge in [0, 0.05) is 30.2 Å². The number of halogens is 1. The number of ketones is 1. The van der Waals surface area contributed by atoms with E-state index in [0.29, 0.717) is 18.2 Å². The molecule has 1 heterocycles. The summed E-state index contributed by atoms with van der Waals surface area (Å²) in [7, 11) is 1.83. The lowest BCUT2D eigenvalue weighted by atomic mass is 10.1. The third kappa shape index (κ3) is 2.04. The molecule has 1 N–H and O–H groups in total. The van der Waals surface area contributed by atoms with Crippen LogP contribution < -0.4 is 5.32 Å². The van der Waals surface area contributed by atoms with Gasteiger partial charge in [-0.2, -0.15) is 0 Å². The van der Waals surface area contributed by atoms with Crippen LogP contribution in [-0.2, 0) is 7.05 Å². The molecule has 94 valence electrons. The van der Waals surface area contributed by atoms with E-state index in [9.17, 15) is 9.18 Å². The van der Waals surface area contributed by atoms with E-state index in [0.717, 1.165) is 23.7 Å². The minimum absolute atomic E-state index is 0.0686. The monoisotopic (exact) mass is 246 g/mol. The number of carbonyl (C=O) groups is 1. The van der Waals surface area contributed by atoms with E-state index < -0.39 is 0 Å². The molecule has 3 nitrogen and oxygen atoms in total. The Morgan fingerprint density at radius 3 is 3.00 bits per heavy atom. The lowest BCUT2D eigenvalue weighted by Gasteiger charge is -2.00. The highest BCUT2D eigenvalue weighted by molar-refractivity contribution is 6.09. The van der Waals surface area contributed by atoms with E-state index in [1.54, 1.807) is 16.8 Å². The van der Waals surface area contributed by atoms with Crippen LogP contribution in [0.25, 0.3) is 10.9 Å². The summed E-state index contributed by atoms with van der Waals surface area (Å²) in [6.07, 6.45) is 4.10. The van der Waals surface area contributed by atoms with Gasteiger partial charge in [0.05, 0.1) is 12.1 Å². The molecule has 0 bridgehead atoms. The standard InChI is InChI=1S/C14H15FN2O/c1-17-8-12(14(18)7-16-10-3-4-10)11-5-2-9(15)6-13(11)17/h2,5-6,8,10,16H,3-4,7H2,1H3. The van der Waals surface area contributed by atoms with Crippen molar-refractivity contribution in [3.63, 3.8) is 0 Å². The van der Waals surface area contributed by atoms with Gasteiger partial charge in [0.1, 0.15) is 5.82 Å². The molecule has 1 aromatic carbocycles. The molecule has 1 aromatic heterocycles. The average molecular weight is 246 g/mol. The molecule has 1 saturated carbocycles. The summed E-state index contributed by atoms with van der Waals surface area (Å²) in [6.45, 7) is 0.362. The first-order valence-electron chi connectivity index (χ1n) is 6.16. The number of aryl methyl sites for hydroxylation is 1. The molecule has 0 amide bonds. The van der Waals surface area contributed by atoms with Crippen molar-refractivity contribution in [3.05, 3.63) is 35.8 Å². The largest absolute Gasteiger partial charge is 0.350 e. The van der Waals surface area contributed by atoms with Crippen molar-refractivity contribution in [1.82, 2.24) is 9.88 Å². The second-order valence-corrected chi connectivity index (χ2v) is 4.89. The predicted octanol–water partition coefficient (Wildman–Crippen LogP) is 2.25. The van der Waals surface area contributed by atoms with E-state index in [1.807, 2.05) is 7.05 Å². The highest BCUT2D eigenvalue weighted by Crippen LogP contribution is 2.23. The van der Waals surface area contributed by atoms with E-state index in [1.165, 1.54) is 12.1 Å². The van der Waals surface area contributed by atoms with Crippen LogP contribution in [0.5, 0.6) is 0 Å². The summed E-state index contributed by atoms with van der Waals surface area (Å²) >= 11 is 0. The second kappa shape index (κ2) is 4.21. The first-order valence-corrected chi connectivity index (χ1v) is 6.16. The van der Waals surface area contributed by atoms with Gasteiger partial charge in [0.15, 0.2) is 5.78 Å². The molecular formula is C14H15FN2O. The Hall–Kier alpha value is -1.68. The van der Waals surface area contributed by atoms with Gasteiger partial charge < -0.3 is 9.88 Å². The molecule has 0 aliphatic heterocycles. The SMILES string of the molecule is Cn1cc(C(=O)CNC2CC2)c2ccc(F)cc21. The summed E-state index contributed by atoms with van der Waals surface area (Å²) in [5, 5.41) is 4.03. The number of aromatic nitrogens is 1. The highest BCUT2D eigenvalue weighted by atomic mass is 19.1. The Kier molecular flexibility index (Phi) is 2.67. The zero-order valence-corrected chi connectivity index (χ0v) is 10.2.